The predicted octanol–water partition coefficient (Wildman–Crippen LogP) is 2.30. The minimum Gasteiger partial charge on any atom is -0.486 e. The quantitative estimate of drug-likeness (QED) is 0.289. The Morgan fingerprint density at radius 3 is 2.77 bits per heavy atom. The van der Waals surface area contributed by atoms with Crippen molar-refractivity contribution in [1.82, 2.24) is 25.8 Å². The van der Waals surface area contributed by atoms with Crippen molar-refractivity contribution in [3.63, 3.8) is 0 Å². The number of rotatable bonds is 6. The van der Waals surface area contributed by atoms with Crippen LogP contribution in [-0.2, 0) is 6.42 Å². The molecule has 158 valence electrons. The summed E-state index contributed by atoms with van der Waals surface area (Å²) in [6.07, 6.45) is 2.19. The van der Waals surface area contributed by atoms with E-state index in [4.69, 9.17) is 14.0 Å². The van der Waals surface area contributed by atoms with Crippen molar-refractivity contribution in [3.05, 3.63) is 54.5 Å². The second kappa shape index (κ2) is 10.8. The number of nitrogens with zero attached hydrogens (tertiary/aromatic N) is 4. The highest BCUT2D eigenvalue weighted by molar-refractivity contribution is 14.0. The van der Waals surface area contributed by atoms with Gasteiger partial charge >= 0.3 is 0 Å². The molecule has 0 saturated heterocycles. The molecule has 1 aromatic carbocycles. The van der Waals surface area contributed by atoms with Gasteiger partial charge in [-0.05, 0) is 24.3 Å². The van der Waals surface area contributed by atoms with E-state index in [0.29, 0.717) is 49.5 Å². The molecule has 9 nitrogen and oxygen atoms in total. The lowest BCUT2D eigenvalue weighted by atomic mass is 10.2. The SMILES string of the molecule is CN=C(NCCc1noc(-c2ccccn2)n1)NCC1COc2ccccc2O1.I. The molecule has 30 heavy (non-hydrogen) atoms. The lowest BCUT2D eigenvalue weighted by Gasteiger charge is -2.27. The Hall–Kier alpha value is -2.89. The molecular formula is C20H23IN6O3. The fourth-order valence-electron chi connectivity index (χ4n) is 2.84. The zero-order chi connectivity index (χ0) is 19.9. The minimum absolute atomic E-state index is 0. The van der Waals surface area contributed by atoms with E-state index in [-0.39, 0.29) is 30.1 Å². The molecule has 2 aromatic heterocycles. The maximum atomic E-state index is 5.94. The minimum atomic E-state index is -0.0958. The number of aromatic nitrogens is 3. The number of hydrogen-bond acceptors (Lipinski definition) is 7. The molecular weight excluding hydrogens is 499 g/mol. The van der Waals surface area contributed by atoms with Crippen molar-refractivity contribution in [2.75, 3.05) is 26.7 Å². The van der Waals surface area contributed by atoms with Gasteiger partial charge in [-0.3, -0.25) is 9.98 Å². The number of hydrogen-bond donors (Lipinski definition) is 2. The van der Waals surface area contributed by atoms with Crippen LogP contribution in [0, 0.1) is 0 Å². The first-order valence-corrected chi connectivity index (χ1v) is 9.39. The molecule has 10 heteroatoms. The van der Waals surface area contributed by atoms with Gasteiger partial charge in [0.2, 0.25) is 0 Å². The Labute approximate surface area is 191 Å². The monoisotopic (exact) mass is 522 g/mol. The van der Waals surface area contributed by atoms with Crippen LogP contribution in [0.1, 0.15) is 5.82 Å². The lowest BCUT2D eigenvalue weighted by molar-refractivity contribution is 0.0936. The van der Waals surface area contributed by atoms with Crippen molar-refractivity contribution < 1.29 is 14.0 Å². The number of guanidine groups is 1. The summed E-state index contributed by atoms with van der Waals surface area (Å²) >= 11 is 0. The Morgan fingerprint density at radius 2 is 1.97 bits per heavy atom. The number of ether oxygens (including phenoxy) is 2. The van der Waals surface area contributed by atoms with E-state index in [2.05, 4.69) is 30.8 Å². The maximum absolute atomic E-state index is 5.94. The Morgan fingerprint density at radius 1 is 1.13 bits per heavy atom. The van der Waals surface area contributed by atoms with Crippen LogP contribution in [0.25, 0.3) is 11.6 Å². The van der Waals surface area contributed by atoms with Crippen molar-refractivity contribution >= 4 is 29.9 Å². The average Bonchev–Trinajstić information content (AvgIpc) is 3.25. The van der Waals surface area contributed by atoms with Crippen LogP contribution >= 0.6 is 24.0 Å². The Balaban J connectivity index is 0.00000256. The van der Waals surface area contributed by atoms with Gasteiger partial charge in [-0.2, -0.15) is 4.98 Å². The van der Waals surface area contributed by atoms with Gasteiger partial charge < -0.3 is 24.6 Å². The van der Waals surface area contributed by atoms with Crippen molar-refractivity contribution in [2.24, 2.45) is 4.99 Å². The number of benzene rings is 1. The predicted molar refractivity (Wildman–Crippen MR) is 122 cm³/mol. The molecule has 0 amide bonds. The summed E-state index contributed by atoms with van der Waals surface area (Å²) in [6, 6.07) is 13.2. The van der Waals surface area contributed by atoms with Gasteiger partial charge in [0.25, 0.3) is 5.89 Å². The normalized spacial score (nSPS) is 15.2. The largest absolute Gasteiger partial charge is 0.486 e. The first kappa shape index (κ1) is 21.8. The van der Waals surface area contributed by atoms with Gasteiger partial charge in [0.1, 0.15) is 18.4 Å². The molecule has 0 radical (unpaired) electrons. The first-order chi connectivity index (χ1) is 14.3. The van der Waals surface area contributed by atoms with Gasteiger partial charge in [0.05, 0.1) is 6.54 Å². The molecule has 0 saturated carbocycles. The Bertz CT molecular complexity index is 966. The Kier molecular flexibility index (Phi) is 7.82. The molecule has 3 heterocycles. The fourth-order valence-corrected chi connectivity index (χ4v) is 2.84. The van der Waals surface area contributed by atoms with Crippen molar-refractivity contribution in [2.45, 2.75) is 12.5 Å². The van der Waals surface area contributed by atoms with Gasteiger partial charge in [-0.1, -0.05) is 23.4 Å². The summed E-state index contributed by atoms with van der Waals surface area (Å²) in [5.41, 5.74) is 0.660. The third-order valence-corrected chi connectivity index (χ3v) is 4.28. The second-order valence-electron chi connectivity index (χ2n) is 6.36. The number of fused-ring (bicyclic) bond motifs is 1. The summed E-state index contributed by atoms with van der Waals surface area (Å²) in [6.45, 7) is 1.66. The third-order valence-electron chi connectivity index (χ3n) is 4.28. The summed E-state index contributed by atoms with van der Waals surface area (Å²) in [5, 5.41) is 10.5. The fraction of sp³-hybridized carbons (Fsp3) is 0.300. The first-order valence-electron chi connectivity index (χ1n) is 9.39. The molecule has 0 bridgehead atoms. The van der Waals surface area contributed by atoms with Crippen LogP contribution in [0.2, 0.25) is 0 Å². The van der Waals surface area contributed by atoms with Gasteiger partial charge in [0.15, 0.2) is 23.3 Å². The van der Waals surface area contributed by atoms with E-state index < -0.39 is 0 Å². The van der Waals surface area contributed by atoms with Crippen molar-refractivity contribution in [3.8, 4) is 23.1 Å². The number of pyridine rings is 1. The second-order valence-corrected chi connectivity index (χ2v) is 6.36. The van der Waals surface area contributed by atoms with E-state index in [1.54, 1.807) is 13.2 Å². The number of aliphatic imine (C=N–C) groups is 1. The molecule has 4 rings (SSSR count). The van der Waals surface area contributed by atoms with E-state index in [1.807, 2.05) is 42.5 Å². The molecule has 0 spiro atoms. The molecule has 1 unspecified atom stereocenters. The molecule has 3 aromatic rings. The average molecular weight is 522 g/mol. The van der Waals surface area contributed by atoms with E-state index in [1.165, 1.54) is 0 Å². The molecule has 2 N–H and O–H groups in total. The smallest absolute Gasteiger partial charge is 0.276 e. The van der Waals surface area contributed by atoms with Crippen LogP contribution in [-0.4, -0.2) is 53.9 Å². The van der Waals surface area contributed by atoms with Crippen LogP contribution in [0.15, 0.2) is 58.2 Å². The standard InChI is InChI=1S/C20H22N6O3.HI/c1-21-20(24-12-14-13-27-16-7-2-3-8-17(16)28-14)23-11-9-18-25-19(29-26-18)15-6-4-5-10-22-15;/h2-8,10,14H,9,11-13H2,1H3,(H2,21,23,24);1H. The van der Waals surface area contributed by atoms with E-state index >= 15 is 0 Å². The highest BCUT2D eigenvalue weighted by Crippen LogP contribution is 2.30. The summed E-state index contributed by atoms with van der Waals surface area (Å²) < 4.78 is 16.9. The number of para-hydroxylation sites is 2. The van der Waals surface area contributed by atoms with Crippen LogP contribution in [0.5, 0.6) is 11.5 Å². The highest BCUT2D eigenvalue weighted by atomic mass is 127. The molecule has 1 atom stereocenters. The van der Waals surface area contributed by atoms with Crippen molar-refractivity contribution in [1.29, 1.82) is 0 Å². The van der Waals surface area contributed by atoms with Gasteiger partial charge in [0, 0.05) is 26.2 Å². The van der Waals surface area contributed by atoms with Gasteiger partial charge in [-0.15, -0.1) is 24.0 Å². The molecule has 0 fully saturated rings. The summed E-state index contributed by atoms with van der Waals surface area (Å²) in [4.78, 5) is 12.8. The molecule has 1 aliphatic heterocycles. The third kappa shape index (κ3) is 5.59. The number of nitrogens with one attached hydrogen (secondary N) is 2. The number of halogens is 1. The zero-order valence-electron chi connectivity index (χ0n) is 16.4. The lowest BCUT2D eigenvalue weighted by Crippen LogP contribution is -2.45. The zero-order valence-corrected chi connectivity index (χ0v) is 18.8. The van der Waals surface area contributed by atoms with E-state index in [0.717, 1.165) is 11.5 Å². The van der Waals surface area contributed by atoms with E-state index in [9.17, 15) is 0 Å². The van der Waals surface area contributed by atoms with Gasteiger partial charge in [-0.25, -0.2) is 0 Å². The van der Waals surface area contributed by atoms with Crippen LogP contribution < -0.4 is 20.1 Å². The van der Waals surface area contributed by atoms with Crippen LogP contribution in [0.4, 0.5) is 0 Å². The molecule has 0 aliphatic carbocycles. The topological polar surface area (TPSA) is 107 Å². The summed E-state index contributed by atoms with van der Waals surface area (Å²) in [5.74, 6) is 3.22. The highest BCUT2D eigenvalue weighted by Gasteiger charge is 2.20. The summed E-state index contributed by atoms with van der Waals surface area (Å²) in [7, 11) is 1.72. The van der Waals surface area contributed by atoms with Crippen LogP contribution in [0.3, 0.4) is 0 Å². The molecule has 1 aliphatic rings. The maximum Gasteiger partial charge on any atom is 0.276 e.